The number of carbonyl (C=O) groups is 4. The van der Waals surface area contributed by atoms with Crippen molar-refractivity contribution in [3.63, 3.8) is 0 Å². The first-order chi connectivity index (χ1) is 16.2. The van der Waals surface area contributed by atoms with Crippen molar-refractivity contribution in [2.75, 3.05) is 11.9 Å². The molecule has 0 bridgehead atoms. The molecule has 1 fully saturated rings. The Balaban J connectivity index is 1.48. The Hall–Kier alpha value is -4.44. The molecular weight excluding hydrogens is 469 g/mol. The summed E-state index contributed by atoms with van der Waals surface area (Å²) >= 11 is 5.88. The van der Waals surface area contributed by atoms with Gasteiger partial charge in [0, 0.05) is 11.6 Å². The van der Waals surface area contributed by atoms with Gasteiger partial charge in [0.15, 0.2) is 0 Å². The molecule has 1 aliphatic heterocycles. The highest BCUT2D eigenvalue weighted by atomic mass is 35.5. The summed E-state index contributed by atoms with van der Waals surface area (Å²) in [5, 5.41) is 13.9. The summed E-state index contributed by atoms with van der Waals surface area (Å²) in [6, 6.07) is 12.1. The lowest BCUT2D eigenvalue weighted by Crippen LogP contribution is -2.38. The maximum absolute atomic E-state index is 13.7. The van der Waals surface area contributed by atoms with Gasteiger partial charge in [-0.25, -0.2) is 18.9 Å². The Morgan fingerprint density at radius 2 is 1.91 bits per heavy atom. The van der Waals surface area contributed by atoms with Gasteiger partial charge >= 0.3 is 12.0 Å². The van der Waals surface area contributed by atoms with E-state index < -0.39 is 36.2 Å². The number of anilines is 1. The van der Waals surface area contributed by atoms with Crippen molar-refractivity contribution in [2.45, 2.75) is 0 Å². The van der Waals surface area contributed by atoms with Gasteiger partial charge in [-0.3, -0.25) is 9.59 Å². The van der Waals surface area contributed by atoms with Crippen LogP contribution >= 0.6 is 11.6 Å². The zero-order valence-corrected chi connectivity index (χ0v) is 17.9. The first-order valence-electron chi connectivity index (χ1n) is 9.75. The largest absolute Gasteiger partial charge is 0.478 e. The molecular formula is C23H15ClFN3O6. The maximum Gasteiger partial charge on any atom is 0.337 e. The Morgan fingerprint density at radius 1 is 1.15 bits per heavy atom. The van der Waals surface area contributed by atoms with Gasteiger partial charge in [0.25, 0.3) is 5.91 Å². The van der Waals surface area contributed by atoms with Crippen LogP contribution in [0, 0.1) is 5.82 Å². The lowest BCUT2D eigenvalue weighted by Gasteiger charge is -2.12. The van der Waals surface area contributed by atoms with Gasteiger partial charge in [-0.15, -0.1) is 0 Å². The lowest BCUT2D eigenvalue weighted by molar-refractivity contribution is -0.127. The summed E-state index contributed by atoms with van der Waals surface area (Å²) in [6.45, 7) is -0.623. The van der Waals surface area contributed by atoms with Crippen LogP contribution in [-0.4, -0.2) is 40.4 Å². The number of carboxylic acid groups (broad SMARTS) is 1. The summed E-state index contributed by atoms with van der Waals surface area (Å²) in [5.41, 5.74) is 0.135. The third-order valence-corrected chi connectivity index (χ3v) is 5.14. The van der Waals surface area contributed by atoms with Gasteiger partial charge in [-0.05, 0) is 42.5 Å². The van der Waals surface area contributed by atoms with E-state index in [9.17, 15) is 28.7 Å². The molecule has 1 aromatic heterocycles. The second kappa shape index (κ2) is 9.20. The van der Waals surface area contributed by atoms with Gasteiger partial charge in [-0.2, -0.15) is 0 Å². The van der Waals surface area contributed by atoms with Crippen molar-refractivity contribution < 1.29 is 33.1 Å². The van der Waals surface area contributed by atoms with E-state index in [-0.39, 0.29) is 27.7 Å². The molecule has 2 heterocycles. The molecule has 0 saturated carbocycles. The molecule has 0 radical (unpaired) electrons. The number of aromatic carboxylic acids is 1. The number of para-hydroxylation sites is 1. The molecule has 11 heteroatoms. The van der Waals surface area contributed by atoms with E-state index in [1.807, 2.05) is 0 Å². The predicted molar refractivity (Wildman–Crippen MR) is 119 cm³/mol. The summed E-state index contributed by atoms with van der Waals surface area (Å²) in [6.07, 6.45) is 1.27. The monoisotopic (exact) mass is 483 g/mol. The van der Waals surface area contributed by atoms with Crippen LogP contribution in [0.15, 0.2) is 64.7 Å². The molecule has 3 aromatic rings. The second-order valence-electron chi connectivity index (χ2n) is 7.11. The van der Waals surface area contributed by atoms with Crippen LogP contribution in [-0.2, 0) is 9.59 Å². The number of furan rings is 1. The van der Waals surface area contributed by atoms with Crippen LogP contribution in [0.1, 0.15) is 16.1 Å². The molecule has 34 heavy (non-hydrogen) atoms. The zero-order valence-electron chi connectivity index (χ0n) is 17.2. The van der Waals surface area contributed by atoms with Crippen molar-refractivity contribution in [1.29, 1.82) is 0 Å². The highest BCUT2D eigenvalue weighted by Gasteiger charge is 2.35. The van der Waals surface area contributed by atoms with Crippen molar-refractivity contribution in [1.82, 2.24) is 10.2 Å². The molecule has 4 amide bonds. The SMILES string of the molecule is O=C(CN1C(=O)N/C(=C\c2ccc(-c3ccc(Cl)c(C(=O)O)c3)o2)C1=O)Nc1ccccc1F. The topological polar surface area (TPSA) is 129 Å². The van der Waals surface area contributed by atoms with Crippen LogP contribution in [0.5, 0.6) is 0 Å². The number of rotatable bonds is 6. The van der Waals surface area contributed by atoms with E-state index in [0.29, 0.717) is 16.2 Å². The molecule has 4 rings (SSSR count). The number of halogens is 2. The number of imide groups is 1. The number of carbonyl (C=O) groups excluding carboxylic acids is 3. The minimum absolute atomic E-state index is 0.0727. The molecule has 2 aromatic carbocycles. The van der Waals surface area contributed by atoms with Crippen LogP contribution in [0.25, 0.3) is 17.4 Å². The Morgan fingerprint density at radius 3 is 2.65 bits per heavy atom. The number of carboxylic acids is 1. The summed E-state index contributed by atoms with van der Waals surface area (Å²) in [4.78, 5) is 49.0. The highest BCUT2D eigenvalue weighted by molar-refractivity contribution is 6.33. The zero-order chi connectivity index (χ0) is 24.4. The van der Waals surface area contributed by atoms with Crippen molar-refractivity contribution in [3.05, 3.63) is 82.5 Å². The standard InChI is InChI=1S/C23H15ClFN3O6/c24-15-7-5-12(9-14(15)22(31)32)19-8-6-13(34-19)10-18-21(30)28(23(33)27-18)11-20(29)26-17-4-2-1-3-16(17)25/h1-10H,11H2,(H,26,29)(H,27,33)(H,31,32)/b18-10-. The van der Waals surface area contributed by atoms with E-state index in [1.54, 1.807) is 12.1 Å². The van der Waals surface area contributed by atoms with Crippen LogP contribution < -0.4 is 10.6 Å². The molecule has 0 aliphatic carbocycles. The number of benzene rings is 2. The summed E-state index contributed by atoms with van der Waals surface area (Å²) in [7, 11) is 0. The van der Waals surface area contributed by atoms with Crippen molar-refractivity contribution >= 4 is 47.2 Å². The maximum atomic E-state index is 13.7. The number of nitrogens with one attached hydrogen (secondary N) is 2. The van der Waals surface area contributed by atoms with Gasteiger partial charge in [0.1, 0.15) is 29.6 Å². The average molecular weight is 484 g/mol. The summed E-state index contributed by atoms with van der Waals surface area (Å²) < 4.78 is 19.3. The molecule has 1 saturated heterocycles. The van der Waals surface area contributed by atoms with Crippen LogP contribution in [0.4, 0.5) is 14.9 Å². The third kappa shape index (κ3) is 4.66. The average Bonchev–Trinajstić information content (AvgIpc) is 3.36. The minimum Gasteiger partial charge on any atom is -0.478 e. The Bertz CT molecular complexity index is 1370. The van der Waals surface area contributed by atoms with Gasteiger partial charge in [-0.1, -0.05) is 23.7 Å². The van der Waals surface area contributed by atoms with E-state index in [1.165, 1.54) is 42.5 Å². The van der Waals surface area contributed by atoms with Crippen molar-refractivity contribution in [2.24, 2.45) is 0 Å². The van der Waals surface area contributed by atoms with Crippen LogP contribution in [0.2, 0.25) is 5.02 Å². The number of amides is 4. The predicted octanol–water partition coefficient (Wildman–Crippen LogP) is 3.97. The quantitative estimate of drug-likeness (QED) is 0.359. The van der Waals surface area contributed by atoms with Gasteiger partial charge < -0.3 is 20.2 Å². The van der Waals surface area contributed by atoms with Gasteiger partial charge in [0.2, 0.25) is 5.91 Å². The molecule has 9 nitrogen and oxygen atoms in total. The first kappa shape index (κ1) is 22.7. The summed E-state index contributed by atoms with van der Waals surface area (Å²) in [5.74, 6) is -2.87. The van der Waals surface area contributed by atoms with E-state index in [4.69, 9.17) is 16.0 Å². The lowest BCUT2D eigenvalue weighted by atomic mass is 10.1. The van der Waals surface area contributed by atoms with E-state index in [2.05, 4.69) is 10.6 Å². The fraction of sp³-hybridized carbons (Fsp3) is 0.0435. The minimum atomic E-state index is -1.20. The fourth-order valence-electron chi connectivity index (χ4n) is 3.18. The number of urea groups is 1. The molecule has 172 valence electrons. The normalized spacial score (nSPS) is 14.4. The van der Waals surface area contributed by atoms with Crippen LogP contribution in [0.3, 0.4) is 0 Å². The Labute approximate surface area is 196 Å². The first-order valence-corrected chi connectivity index (χ1v) is 10.1. The highest BCUT2D eigenvalue weighted by Crippen LogP contribution is 2.28. The van der Waals surface area contributed by atoms with E-state index >= 15 is 0 Å². The second-order valence-corrected chi connectivity index (χ2v) is 7.52. The third-order valence-electron chi connectivity index (χ3n) is 4.81. The smallest absolute Gasteiger partial charge is 0.337 e. The van der Waals surface area contributed by atoms with Crippen molar-refractivity contribution in [3.8, 4) is 11.3 Å². The van der Waals surface area contributed by atoms with E-state index in [0.717, 1.165) is 6.07 Å². The number of hydrogen-bond acceptors (Lipinski definition) is 5. The fourth-order valence-corrected chi connectivity index (χ4v) is 3.38. The molecule has 0 unspecified atom stereocenters. The molecule has 0 spiro atoms. The number of nitrogens with zero attached hydrogens (tertiary/aromatic N) is 1. The Kier molecular flexibility index (Phi) is 6.15. The van der Waals surface area contributed by atoms with Gasteiger partial charge in [0.05, 0.1) is 16.3 Å². The molecule has 3 N–H and O–H groups in total. The number of hydrogen-bond donors (Lipinski definition) is 3. The molecule has 1 aliphatic rings. The molecule has 0 atom stereocenters.